The Morgan fingerprint density at radius 1 is 1.39 bits per heavy atom. The van der Waals surface area contributed by atoms with Crippen LogP contribution in [0.25, 0.3) is 0 Å². The molecule has 2 rings (SSSR count). The van der Waals surface area contributed by atoms with Gasteiger partial charge in [0.05, 0.1) is 13.2 Å². The number of hydrogen-bond donors (Lipinski definition) is 0. The van der Waals surface area contributed by atoms with E-state index in [9.17, 15) is 0 Å². The second-order valence-corrected chi connectivity index (χ2v) is 4.99. The predicted octanol–water partition coefficient (Wildman–Crippen LogP) is 3.78. The Balaban J connectivity index is 1.91. The van der Waals surface area contributed by atoms with Crippen LogP contribution in [0.4, 0.5) is 0 Å². The van der Waals surface area contributed by atoms with Crippen molar-refractivity contribution < 1.29 is 9.47 Å². The molecule has 3 atom stereocenters. The SMILES string of the molecule is C=CC[C@H]1C(OCc2ccccc2)OCC[C@@H]1C. The zero-order valence-electron chi connectivity index (χ0n) is 11.0. The van der Waals surface area contributed by atoms with Crippen LogP contribution in [0, 0.1) is 11.8 Å². The Labute approximate surface area is 110 Å². The van der Waals surface area contributed by atoms with Crippen LogP contribution in [0.1, 0.15) is 25.3 Å². The summed E-state index contributed by atoms with van der Waals surface area (Å²) < 4.78 is 11.7. The topological polar surface area (TPSA) is 18.5 Å². The Morgan fingerprint density at radius 3 is 2.89 bits per heavy atom. The van der Waals surface area contributed by atoms with Crippen molar-refractivity contribution in [3.05, 3.63) is 48.6 Å². The standard InChI is InChI=1S/C16H22O2/c1-3-7-15-13(2)10-11-17-16(15)18-12-14-8-5-4-6-9-14/h3-6,8-9,13,15-16H,1,7,10-12H2,2H3/t13-,15+,16?/m0/s1. The number of rotatable bonds is 5. The number of allylic oxidation sites excluding steroid dienone is 1. The molecule has 0 saturated carbocycles. The predicted molar refractivity (Wildman–Crippen MR) is 73.1 cm³/mol. The zero-order chi connectivity index (χ0) is 12.8. The summed E-state index contributed by atoms with van der Waals surface area (Å²) in [4.78, 5) is 0. The van der Waals surface area contributed by atoms with E-state index in [-0.39, 0.29) is 6.29 Å². The lowest BCUT2D eigenvalue weighted by Crippen LogP contribution is -2.36. The molecule has 1 aliphatic heterocycles. The third kappa shape index (κ3) is 3.44. The first kappa shape index (κ1) is 13.3. The molecule has 1 fully saturated rings. The lowest BCUT2D eigenvalue weighted by molar-refractivity contribution is -0.211. The van der Waals surface area contributed by atoms with Gasteiger partial charge in [-0.1, -0.05) is 43.3 Å². The maximum absolute atomic E-state index is 5.93. The van der Waals surface area contributed by atoms with E-state index in [2.05, 4.69) is 25.6 Å². The molecular weight excluding hydrogens is 224 g/mol. The minimum absolute atomic E-state index is 0.0908. The lowest BCUT2D eigenvalue weighted by atomic mass is 9.86. The van der Waals surface area contributed by atoms with Crippen LogP contribution in [0.2, 0.25) is 0 Å². The molecule has 1 heterocycles. The van der Waals surface area contributed by atoms with Gasteiger partial charge in [0.1, 0.15) is 0 Å². The average Bonchev–Trinajstić information content (AvgIpc) is 2.41. The normalized spacial score (nSPS) is 27.9. The van der Waals surface area contributed by atoms with E-state index in [0.717, 1.165) is 19.4 Å². The fourth-order valence-electron chi connectivity index (χ4n) is 2.44. The van der Waals surface area contributed by atoms with Crippen molar-refractivity contribution in [2.24, 2.45) is 11.8 Å². The van der Waals surface area contributed by atoms with Crippen LogP contribution in [0.3, 0.4) is 0 Å². The van der Waals surface area contributed by atoms with Gasteiger partial charge in [-0.3, -0.25) is 0 Å². The molecular formula is C16H22O2. The molecule has 0 aromatic heterocycles. The summed E-state index contributed by atoms with van der Waals surface area (Å²) in [6.45, 7) is 7.52. The van der Waals surface area contributed by atoms with E-state index in [0.29, 0.717) is 18.4 Å². The number of hydrogen-bond acceptors (Lipinski definition) is 2. The highest BCUT2D eigenvalue weighted by Crippen LogP contribution is 2.30. The molecule has 18 heavy (non-hydrogen) atoms. The molecule has 0 N–H and O–H groups in total. The third-order valence-electron chi connectivity index (χ3n) is 3.63. The van der Waals surface area contributed by atoms with Crippen LogP contribution >= 0.6 is 0 Å². The van der Waals surface area contributed by atoms with E-state index in [4.69, 9.17) is 9.47 Å². The van der Waals surface area contributed by atoms with E-state index in [1.54, 1.807) is 0 Å². The largest absolute Gasteiger partial charge is 0.352 e. The number of benzene rings is 1. The molecule has 1 aromatic carbocycles. The van der Waals surface area contributed by atoms with Crippen molar-refractivity contribution in [1.82, 2.24) is 0 Å². The van der Waals surface area contributed by atoms with Crippen molar-refractivity contribution in [2.45, 2.75) is 32.7 Å². The van der Waals surface area contributed by atoms with Gasteiger partial charge >= 0.3 is 0 Å². The molecule has 0 spiro atoms. The minimum Gasteiger partial charge on any atom is -0.352 e. The van der Waals surface area contributed by atoms with Gasteiger partial charge in [0.2, 0.25) is 0 Å². The van der Waals surface area contributed by atoms with Gasteiger partial charge in [0.25, 0.3) is 0 Å². The first-order valence-electron chi connectivity index (χ1n) is 6.69. The van der Waals surface area contributed by atoms with Crippen molar-refractivity contribution >= 4 is 0 Å². The molecule has 1 aromatic rings. The summed E-state index contributed by atoms with van der Waals surface area (Å²) in [6.07, 6.45) is 3.95. The smallest absolute Gasteiger partial charge is 0.161 e. The first-order chi connectivity index (χ1) is 8.81. The van der Waals surface area contributed by atoms with Gasteiger partial charge in [-0.25, -0.2) is 0 Å². The summed E-state index contributed by atoms with van der Waals surface area (Å²) >= 11 is 0. The molecule has 2 heteroatoms. The fraction of sp³-hybridized carbons (Fsp3) is 0.500. The third-order valence-corrected chi connectivity index (χ3v) is 3.63. The summed E-state index contributed by atoms with van der Waals surface area (Å²) in [5, 5.41) is 0. The fourth-order valence-corrected chi connectivity index (χ4v) is 2.44. The van der Waals surface area contributed by atoms with Gasteiger partial charge in [0, 0.05) is 5.92 Å². The van der Waals surface area contributed by atoms with E-state index in [1.165, 1.54) is 5.56 Å². The van der Waals surface area contributed by atoms with Crippen LogP contribution in [-0.4, -0.2) is 12.9 Å². The van der Waals surface area contributed by atoms with Crippen molar-refractivity contribution in [1.29, 1.82) is 0 Å². The molecule has 0 aliphatic carbocycles. The van der Waals surface area contributed by atoms with Gasteiger partial charge in [-0.05, 0) is 24.3 Å². The minimum atomic E-state index is -0.0908. The Hall–Kier alpha value is -1.12. The zero-order valence-corrected chi connectivity index (χ0v) is 11.0. The first-order valence-corrected chi connectivity index (χ1v) is 6.69. The Bertz CT molecular complexity index is 361. The summed E-state index contributed by atoms with van der Waals surface area (Å²) in [5.74, 6) is 1.07. The molecule has 98 valence electrons. The van der Waals surface area contributed by atoms with E-state index >= 15 is 0 Å². The average molecular weight is 246 g/mol. The van der Waals surface area contributed by atoms with Crippen LogP contribution < -0.4 is 0 Å². The molecule has 0 radical (unpaired) electrons. The molecule has 0 bridgehead atoms. The lowest BCUT2D eigenvalue weighted by Gasteiger charge is -2.35. The summed E-state index contributed by atoms with van der Waals surface area (Å²) in [5.41, 5.74) is 1.19. The molecule has 1 saturated heterocycles. The monoisotopic (exact) mass is 246 g/mol. The highest BCUT2D eigenvalue weighted by atomic mass is 16.7. The van der Waals surface area contributed by atoms with Crippen molar-refractivity contribution in [2.75, 3.05) is 6.61 Å². The van der Waals surface area contributed by atoms with Gasteiger partial charge in [-0.15, -0.1) is 6.58 Å². The van der Waals surface area contributed by atoms with Gasteiger partial charge < -0.3 is 9.47 Å². The molecule has 1 unspecified atom stereocenters. The number of ether oxygens (including phenoxy) is 2. The quantitative estimate of drug-likeness (QED) is 0.736. The van der Waals surface area contributed by atoms with Crippen LogP contribution in [-0.2, 0) is 16.1 Å². The second-order valence-electron chi connectivity index (χ2n) is 4.99. The Morgan fingerprint density at radius 2 is 2.17 bits per heavy atom. The second kappa shape index (κ2) is 6.72. The molecule has 1 aliphatic rings. The maximum atomic E-state index is 5.93. The van der Waals surface area contributed by atoms with Crippen LogP contribution in [0.5, 0.6) is 0 Å². The summed E-state index contributed by atoms with van der Waals surface area (Å²) in [6, 6.07) is 10.2. The van der Waals surface area contributed by atoms with E-state index < -0.39 is 0 Å². The van der Waals surface area contributed by atoms with E-state index in [1.807, 2.05) is 24.3 Å². The van der Waals surface area contributed by atoms with Gasteiger partial charge in [-0.2, -0.15) is 0 Å². The molecule has 2 nitrogen and oxygen atoms in total. The van der Waals surface area contributed by atoms with Crippen molar-refractivity contribution in [3.63, 3.8) is 0 Å². The molecule has 0 amide bonds. The highest BCUT2D eigenvalue weighted by Gasteiger charge is 2.31. The summed E-state index contributed by atoms with van der Waals surface area (Å²) in [7, 11) is 0. The van der Waals surface area contributed by atoms with Crippen LogP contribution in [0.15, 0.2) is 43.0 Å². The Kier molecular flexibility index (Phi) is 4.97. The highest BCUT2D eigenvalue weighted by molar-refractivity contribution is 5.13. The maximum Gasteiger partial charge on any atom is 0.161 e. The van der Waals surface area contributed by atoms with Gasteiger partial charge in [0.15, 0.2) is 6.29 Å². The van der Waals surface area contributed by atoms with Crippen molar-refractivity contribution in [3.8, 4) is 0 Å².